The molecule has 1 N–H and O–H groups in total. The summed E-state index contributed by atoms with van der Waals surface area (Å²) in [5.74, 6) is -0.112. The standard InChI is InChI=1S/C28H24FN3O4/c1-17(33)36-28-25(26(19-9-10-19)31-32(28)23-7-4-6-21(29)16-23)18-11-13-22(14-12-18)30-27(34)20-5-3-8-24(15-20)35-2/h3-8,11-16,19H,9-10H2,1-2H3,(H,30,34). The Labute approximate surface area is 207 Å². The predicted molar refractivity (Wildman–Crippen MR) is 133 cm³/mol. The van der Waals surface area contributed by atoms with Gasteiger partial charge in [-0.2, -0.15) is 9.78 Å². The molecule has 1 heterocycles. The number of hydrogen-bond acceptors (Lipinski definition) is 5. The van der Waals surface area contributed by atoms with Crippen molar-refractivity contribution in [2.45, 2.75) is 25.7 Å². The Morgan fingerprint density at radius 2 is 1.78 bits per heavy atom. The van der Waals surface area contributed by atoms with E-state index in [1.54, 1.807) is 55.6 Å². The zero-order chi connectivity index (χ0) is 25.2. The molecule has 0 aliphatic heterocycles. The largest absolute Gasteiger partial charge is 0.497 e. The van der Waals surface area contributed by atoms with Gasteiger partial charge in [0.1, 0.15) is 11.6 Å². The van der Waals surface area contributed by atoms with Crippen LogP contribution < -0.4 is 14.8 Å². The van der Waals surface area contributed by atoms with Gasteiger partial charge in [0, 0.05) is 24.1 Å². The molecule has 0 spiro atoms. The summed E-state index contributed by atoms with van der Waals surface area (Å²) >= 11 is 0. The predicted octanol–water partition coefficient (Wildman–Crippen LogP) is 5.74. The maximum Gasteiger partial charge on any atom is 0.309 e. The zero-order valence-electron chi connectivity index (χ0n) is 19.8. The maximum absolute atomic E-state index is 14.0. The summed E-state index contributed by atoms with van der Waals surface area (Å²) in [7, 11) is 1.55. The third-order valence-electron chi connectivity index (χ3n) is 5.89. The van der Waals surface area contributed by atoms with Gasteiger partial charge in [0.15, 0.2) is 0 Å². The van der Waals surface area contributed by atoms with E-state index in [1.165, 1.54) is 23.7 Å². The highest BCUT2D eigenvalue weighted by Crippen LogP contribution is 2.48. The van der Waals surface area contributed by atoms with E-state index in [-0.39, 0.29) is 17.7 Å². The van der Waals surface area contributed by atoms with Crippen molar-refractivity contribution in [1.29, 1.82) is 0 Å². The van der Waals surface area contributed by atoms with Crippen LogP contribution in [0.4, 0.5) is 10.1 Å². The van der Waals surface area contributed by atoms with E-state index in [1.807, 2.05) is 12.1 Å². The van der Waals surface area contributed by atoms with E-state index in [0.29, 0.717) is 28.3 Å². The van der Waals surface area contributed by atoms with Crippen LogP contribution in [0.2, 0.25) is 0 Å². The van der Waals surface area contributed by atoms with Crippen LogP contribution >= 0.6 is 0 Å². The van der Waals surface area contributed by atoms with Crippen LogP contribution in [0.5, 0.6) is 11.6 Å². The monoisotopic (exact) mass is 485 g/mol. The van der Waals surface area contributed by atoms with Crippen LogP contribution in [0.25, 0.3) is 16.8 Å². The molecule has 8 heteroatoms. The maximum atomic E-state index is 14.0. The molecule has 0 radical (unpaired) electrons. The molecule has 1 aliphatic carbocycles. The lowest BCUT2D eigenvalue weighted by molar-refractivity contribution is -0.132. The molecular weight excluding hydrogens is 461 g/mol. The smallest absolute Gasteiger partial charge is 0.309 e. The summed E-state index contributed by atoms with van der Waals surface area (Å²) in [6.45, 7) is 1.32. The van der Waals surface area contributed by atoms with Crippen molar-refractivity contribution >= 4 is 17.6 Å². The molecule has 1 amide bonds. The van der Waals surface area contributed by atoms with Crippen molar-refractivity contribution in [3.8, 4) is 28.4 Å². The second kappa shape index (κ2) is 9.65. The van der Waals surface area contributed by atoms with Gasteiger partial charge in [0.25, 0.3) is 5.91 Å². The van der Waals surface area contributed by atoms with Crippen LogP contribution in [0, 0.1) is 5.82 Å². The molecule has 36 heavy (non-hydrogen) atoms. The fourth-order valence-corrected chi connectivity index (χ4v) is 4.03. The van der Waals surface area contributed by atoms with Gasteiger partial charge < -0.3 is 14.8 Å². The number of nitrogens with zero attached hydrogens (tertiary/aromatic N) is 2. The molecule has 0 bridgehead atoms. The summed E-state index contributed by atoms with van der Waals surface area (Å²) < 4.78 is 26.3. The number of rotatable bonds is 7. The fourth-order valence-electron chi connectivity index (χ4n) is 4.03. The van der Waals surface area contributed by atoms with Crippen molar-refractivity contribution < 1.29 is 23.5 Å². The van der Waals surface area contributed by atoms with E-state index in [2.05, 4.69) is 5.32 Å². The molecule has 0 saturated heterocycles. The number of carbonyl (C=O) groups is 2. The third-order valence-corrected chi connectivity index (χ3v) is 5.89. The number of ether oxygens (including phenoxy) is 2. The highest BCUT2D eigenvalue weighted by molar-refractivity contribution is 6.04. The van der Waals surface area contributed by atoms with Gasteiger partial charge in [0.2, 0.25) is 5.88 Å². The number of esters is 1. The first-order valence-corrected chi connectivity index (χ1v) is 11.6. The molecule has 5 rings (SSSR count). The topological polar surface area (TPSA) is 82.4 Å². The second-order valence-electron chi connectivity index (χ2n) is 8.59. The van der Waals surface area contributed by atoms with Gasteiger partial charge in [-0.3, -0.25) is 9.59 Å². The lowest BCUT2D eigenvalue weighted by Gasteiger charge is -2.11. The molecule has 7 nitrogen and oxygen atoms in total. The van der Waals surface area contributed by atoms with Gasteiger partial charge in [-0.25, -0.2) is 4.39 Å². The summed E-state index contributed by atoms with van der Waals surface area (Å²) in [4.78, 5) is 24.7. The van der Waals surface area contributed by atoms with Crippen molar-refractivity contribution in [2.24, 2.45) is 0 Å². The number of aromatic nitrogens is 2. The lowest BCUT2D eigenvalue weighted by Crippen LogP contribution is -2.11. The van der Waals surface area contributed by atoms with Gasteiger partial charge in [-0.15, -0.1) is 0 Å². The first kappa shape index (κ1) is 23.3. The number of nitrogens with one attached hydrogen (secondary N) is 1. The molecule has 0 atom stereocenters. The summed E-state index contributed by atoms with van der Waals surface area (Å²) in [5, 5.41) is 7.61. The minimum Gasteiger partial charge on any atom is -0.497 e. The van der Waals surface area contributed by atoms with Crippen LogP contribution in [0.3, 0.4) is 0 Å². The average Bonchev–Trinajstić information content (AvgIpc) is 3.66. The highest BCUT2D eigenvalue weighted by atomic mass is 19.1. The summed E-state index contributed by atoms with van der Waals surface area (Å²) in [6.07, 6.45) is 1.95. The Morgan fingerprint density at radius 3 is 2.44 bits per heavy atom. The number of halogens is 1. The molecule has 1 fully saturated rings. The highest BCUT2D eigenvalue weighted by Gasteiger charge is 2.34. The number of amides is 1. The minimum absolute atomic E-state index is 0.233. The van der Waals surface area contributed by atoms with Crippen molar-refractivity contribution in [2.75, 3.05) is 12.4 Å². The minimum atomic E-state index is -0.502. The Hall–Kier alpha value is -4.46. The fraction of sp³-hybridized carbons (Fsp3) is 0.179. The number of benzene rings is 3. The molecule has 182 valence electrons. The Kier molecular flexibility index (Phi) is 6.25. The number of anilines is 1. The third kappa shape index (κ3) is 4.84. The van der Waals surface area contributed by atoms with E-state index in [4.69, 9.17) is 14.6 Å². The summed E-state index contributed by atoms with van der Waals surface area (Å²) in [5.41, 5.74) is 3.79. The van der Waals surface area contributed by atoms with E-state index in [0.717, 1.165) is 24.1 Å². The average molecular weight is 486 g/mol. The van der Waals surface area contributed by atoms with Crippen molar-refractivity contribution in [3.05, 3.63) is 89.9 Å². The van der Waals surface area contributed by atoms with Crippen LogP contribution in [0.1, 0.15) is 41.7 Å². The SMILES string of the molecule is COc1cccc(C(=O)Nc2ccc(-c3c(C4CC4)nn(-c4cccc(F)c4)c3OC(C)=O)cc2)c1. The molecule has 3 aromatic carbocycles. The molecular formula is C28H24FN3O4. The Bertz CT molecular complexity index is 1440. The first-order chi connectivity index (χ1) is 17.4. The molecule has 1 saturated carbocycles. The summed E-state index contributed by atoms with van der Waals surface area (Å²) in [6, 6.07) is 20.1. The van der Waals surface area contributed by atoms with Gasteiger partial charge in [-0.05, 0) is 66.9 Å². The quantitative estimate of drug-likeness (QED) is 0.338. The van der Waals surface area contributed by atoms with Gasteiger partial charge in [-0.1, -0.05) is 24.3 Å². The number of carbonyl (C=O) groups excluding carboxylic acids is 2. The van der Waals surface area contributed by atoms with Gasteiger partial charge >= 0.3 is 5.97 Å². The lowest BCUT2D eigenvalue weighted by atomic mass is 10.0. The zero-order valence-corrected chi connectivity index (χ0v) is 19.8. The molecule has 4 aromatic rings. The number of methoxy groups -OCH3 is 1. The van der Waals surface area contributed by atoms with Crippen LogP contribution in [-0.4, -0.2) is 28.8 Å². The van der Waals surface area contributed by atoms with E-state index >= 15 is 0 Å². The Balaban J connectivity index is 1.50. The number of hydrogen-bond donors (Lipinski definition) is 1. The molecule has 0 unspecified atom stereocenters. The van der Waals surface area contributed by atoms with Crippen LogP contribution in [-0.2, 0) is 4.79 Å². The first-order valence-electron chi connectivity index (χ1n) is 11.6. The van der Waals surface area contributed by atoms with Crippen molar-refractivity contribution in [3.63, 3.8) is 0 Å². The molecule has 1 aromatic heterocycles. The van der Waals surface area contributed by atoms with Crippen molar-refractivity contribution in [1.82, 2.24) is 9.78 Å². The Morgan fingerprint density at radius 1 is 1.03 bits per heavy atom. The van der Waals surface area contributed by atoms with E-state index in [9.17, 15) is 14.0 Å². The van der Waals surface area contributed by atoms with Gasteiger partial charge in [0.05, 0.1) is 24.1 Å². The second-order valence-corrected chi connectivity index (χ2v) is 8.59. The molecule has 1 aliphatic rings. The normalized spacial score (nSPS) is 12.8. The van der Waals surface area contributed by atoms with Crippen LogP contribution in [0.15, 0.2) is 72.8 Å². The van der Waals surface area contributed by atoms with E-state index < -0.39 is 11.8 Å².